The molecular weight excluding hydrogens is 755 g/mol. The average molecular weight is 810 g/mol. The van der Waals surface area contributed by atoms with Crippen molar-refractivity contribution < 1.29 is 14.4 Å². The molecule has 0 radical (unpaired) electrons. The van der Waals surface area contributed by atoms with E-state index in [1.165, 1.54) is 24.1 Å². The van der Waals surface area contributed by atoms with Crippen molar-refractivity contribution in [2.75, 3.05) is 54.4 Å². The Bertz CT molecular complexity index is 2320. The van der Waals surface area contributed by atoms with E-state index in [1.807, 2.05) is 58.0 Å². The van der Waals surface area contributed by atoms with Crippen molar-refractivity contribution in [1.82, 2.24) is 40.5 Å². The highest BCUT2D eigenvalue weighted by molar-refractivity contribution is 6.05. The Hall–Kier alpha value is -6.15. The number of carbonyl (C=O) groups excluding carboxylic acids is 3. The summed E-state index contributed by atoms with van der Waals surface area (Å²) in [6.45, 7) is 14.3. The molecule has 5 aromatic rings. The number of carbonyl (C=O) groups is 3. The highest BCUT2D eigenvalue weighted by Crippen LogP contribution is 2.33. The predicted molar refractivity (Wildman–Crippen MR) is 233 cm³/mol. The van der Waals surface area contributed by atoms with Crippen molar-refractivity contribution in [3.63, 3.8) is 0 Å². The van der Waals surface area contributed by atoms with E-state index in [1.54, 1.807) is 22.0 Å². The Kier molecular flexibility index (Phi) is 11.9. The molecule has 14 heteroatoms. The van der Waals surface area contributed by atoms with E-state index >= 15 is 0 Å². The quantitative estimate of drug-likeness (QED) is 0.127. The molecule has 8 rings (SSSR count). The minimum absolute atomic E-state index is 0.208. The van der Waals surface area contributed by atoms with Crippen molar-refractivity contribution in [3.8, 4) is 11.3 Å². The number of urea groups is 1. The molecule has 0 unspecified atom stereocenters. The lowest BCUT2D eigenvalue weighted by molar-refractivity contribution is -0.120. The minimum Gasteiger partial charge on any atom is -0.372 e. The molecular formula is C46H55N11O3. The van der Waals surface area contributed by atoms with Crippen LogP contribution >= 0.6 is 0 Å². The normalized spacial score (nSPS) is 17.1. The lowest BCUT2D eigenvalue weighted by atomic mass is 9.88. The van der Waals surface area contributed by atoms with Gasteiger partial charge in [-0.1, -0.05) is 29.5 Å². The van der Waals surface area contributed by atoms with Gasteiger partial charge in [0.05, 0.1) is 17.4 Å². The first-order chi connectivity index (χ1) is 28.9. The van der Waals surface area contributed by atoms with Crippen LogP contribution in [0.25, 0.3) is 11.3 Å². The molecule has 60 heavy (non-hydrogen) atoms. The molecule has 3 aliphatic rings. The van der Waals surface area contributed by atoms with Gasteiger partial charge in [-0.3, -0.25) is 19.8 Å². The number of hydrogen-bond acceptors (Lipinski definition) is 10. The van der Waals surface area contributed by atoms with Gasteiger partial charge in [0.25, 0.3) is 5.91 Å². The molecule has 312 valence electrons. The van der Waals surface area contributed by atoms with Crippen molar-refractivity contribution in [2.24, 2.45) is 5.92 Å². The molecule has 2 aromatic heterocycles. The maximum atomic E-state index is 12.7. The summed E-state index contributed by atoms with van der Waals surface area (Å²) in [6.07, 6.45) is 8.36. The zero-order valence-corrected chi connectivity index (χ0v) is 35.0. The van der Waals surface area contributed by atoms with Gasteiger partial charge in [-0.25, -0.2) is 19.4 Å². The van der Waals surface area contributed by atoms with Crippen molar-refractivity contribution in [2.45, 2.75) is 77.8 Å². The van der Waals surface area contributed by atoms with Crippen LogP contribution in [0, 0.1) is 12.8 Å². The number of aromatic nitrogens is 5. The maximum absolute atomic E-state index is 12.7. The van der Waals surface area contributed by atoms with Crippen LogP contribution < -0.4 is 25.8 Å². The highest BCUT2D eigenvalue weighted by atomic mass is 16.2. The molecule has 3 saturated heterocycles. The van der Waals surface area contributed by atoms with Crippen LogP contribution in [0.2, 0.25) is 0 Å². The summed E-state index contributed by atoms with van der Waals surface area (Å²) in [5.74, 6) is 1.24. The molecule has 3 N–H and O–H groups in total. The van der Waals surface area contributed by atoms with Gasteiger partial charge in [0.1, 0.15) is 0 Å². The summed E-state index contributed by atoms with van der Waals surface area (Å²) in [5, 5.41) is 16.9. The third-order valence-electron chi connectivity index (χ3n) is 12.1. The fourth-order valence-corrected chi connectivity index (χ4v) is 8.42. The van der Waals surface area contributed by atoms with Crippen LogP contribution in [-0.2, 0) is 16.9 Å². The first kappa shape index (κ1) is 40.6. The fraction of sp³-hybridized carbons (Fsp3) is 0.413. The largest absolute Gasteiger partial charge is 0.372 e. The Morgan fingerprint density at radius 2 is 1.67 bits per heavy atom. The highest BCUT2D eigenvalue weighted by Gasteiger charge is 2.28. The Morgan fingerprint density at radius 1 is 0.883 bits per heavy atom. The standard InChI is InChI=1S/C46H55N11O3/c1-31-26-35(8-9-36(31)28-48-43(59)41-30-57(53-52-41)46(2,3)4)40-14-20-47-44(50-40)49-37-10-12-38(13-11-37)55-23-15-32(16-24-55)29-54-21-17-33(18-22-54)34-6-5-7-39(27-34)56-25-19-42(58)51-45(56)60/h5-14,20,26-27,30,32-33H,15-19,21-25,28-29H2,1-4H3,(H,48,59)(H,47,49,50)(H,51,58,60). The summed E-state index contributed by atoms with van der Waals surface area (Å²) in [4.78, 5) is 52.8. The van der Waals surface area contributed by atoms with Gasteiger partial charge in [0, 0.05) is 68.0 Å². The summed E-state index contributed by atoms with van der Waals surface area (Å²) >= 11 is 0. The zero-order valence-electron chi connectivity index (χ0n) is 35.0. The number of aryl methyl sites for hydroxylation is 1. The number of rotatable bonds is 11. The summed E-state index contributed by atoms with van der Waals surface area (Å²) < 4.78 is 1.69. The van der Waals surface area contributed by atoms with Gasteiger partial charge in [-0.05, 0) is 144 Å². The Labute approximate surface area is 351 Å². The third kappa shape index (κ3) is 9.65. The van der Waals surface area contributed by atoms with Crippen molar-refractivity contribution >= 4 is 40.9 Å². The lowest BCUT2D eigenvalue weighted by Crippen LogP contribution is -2.49. The van der Waals surface area contributed by atoms with E-state index < -0.39 is 0 Å². The average Bonchev–Trinajstić information content (AvgIpc) is 3.76. The van der Waals surface area contributed by atoms with E-state index in [0.717, 1.165) is 79.3 Å². The van der Waals surface area contributed by atoms with Gasteiger partial charge in [0.2, 0.25) is 11.9 Å². The summed E-state index contributed by atoms with van der Waals surface area (Å²) in [5.41, 5.74) is 8.19. The smallest absolute Gasteiger partial charge is 0.328 e. The maximum Gasteiger partial charge on any atom is 0.328 e. The number of anilines is 4. The molecule has 14 nitrogen and oxygen atoms in total. The Balaban J connectivity index is 0.781. The van der Waals surface area contributed by atoms with Gasteiger partial charge < -0.3 is 20.4 Å². The molecule has 5 heterocycles. The molecule has 0 bridgehead atoms. The molecule has 0 saturated carbocycles. The SMILES string of the molecule is Cc1cc(-c2ccnc(Nc3ccc(N4CCC(CN5CCC(c6cccc(N7CCC(=O)NC7=O)c6)CC5)CC4)cc3)n2)ccc1CNC(=O)c1cn(C(C)(C)C)nn1. The van der Waals surface area contributed by atoms with Crippen LogP contribution in [-0.4, -0.2) is 87.0 Å². The van der Waals surface area contributed by atoms with Crippen LogP contribution in [0.3, 0.4) is 0 Å². The number of nitrogens with one attached hydrogen (secondary N) is 3. The monoisotopic (exact) mass is 809 g/mol. The molecule has 0 aliphatic carbocycles. The van der Waals surface area contributed by atoms with E-state index in [4.69, 9.17) is 4.98 Å². The summed E-state index contributed by atoms with van der Waals surface area (Å²) in [6, 6.07) is 24.5. The van der Waals surface area contributed by atoms with Gasteiger partial charge in [0.15, 0.2) is 5.69 Å². The topological polar surface area (TPSA) is 154 Å². The van der Waals surface area contributed by atoms with Crippen LogP contribution in [0.15, 0.2) is 85.2 Å². The van der Waals surface area contributed by atoms with Crippen LogP contribution in [0.5, 0.6) is 0 Å². The first-order valence-corrected chi connectivity index (χ1v) is 21.1. The van der Waals surface area contributed by atoms with Gasteiger partial charge >= 0.3 is 6.03 Å². The van der Waals surface area contributed by atoms with Crippen LogP contribution in [0.1, 0.15) is 86.0 Å². The number of piperidine rings is 2. The second kappa shape index (κ2) is 17.6. The minimum atomic E-state index is -0.330. The molecule has 3 aromatic carbocycles. The van der Waals surface area contributed by atoms with E-state index in [0.29, 0.717) is 43.0 Å². The first-order valence-electron chi connectivity index (χ1n) is 21.1. The number of hydrogen-bond donors (Lipinski definition) is 3. The van der Waals surface area contributed by atoms with Crippen LogP contribution in [0.4, 0.5) is 27.8 Å². The lowest BCUT2D eigenvalue weighted by Gasteiger charge is -2.38. The number of amides is 4. The molecule has 3 fully saturated rings. The predicted octanol–water partition coefficient (Wildman–Crippen LogP) is 7.01. The molecule has 4 amide bonds. The fourth-order valence-electron chi connectivity index (χ4n) is 8.42. The zero-order chi connectivity index (χ0) is 41.8. The van der Waals surface area contributed by atoms with E-state index in [9.17, 15) is 14.4 Å². The number of likely N-dealkylation sites (tertiary alicyclic amines) is 1. The van der Waals surface area contributed by atoms with Gasteiger partial charge in [-0.2, -0.15) is 0 Å². The van der Waals surface area contributed by atoms with Crippen molar-refractivity contribution in [1.29, 1.82) is 0 Å². The van der Waals surface area contributed by atoms with E-state index in [2.05, 4.69) is 83.5 Å². The van der Waals surface area contributed by atoms with Crippen molar-refractivity contribution in [3.05, 3.63) is 108 Å². The Morgan fingerprint density at radius 3 is 2.38 bits per heavy atom. The number of nitrogens with zero attached hydrogens (tertiary/aromatic N) is 8. The number of imide groups is 1. The van der Waals surface area contributed by atoms with Gasteiger partial charge in [-0.15, -0.1) is 5.10 Å². The molecule has 0 spiro atoms. The van der Waals surface area contributed by atoms with E-state index in [-0.39, 0.29) is 23.4 Å². The second-order valence-electron chi connectivity index (χ2n) is 17.3. The summed E-state index contributed by atoms with van der Waals surface area (Å²) in [7, 11) is 0. The number of benzene rings is 3. The third-order valence-corrected chi connectivity index (χ3v) is 12.1. The molecule has 3 aliphatic heterocycles. The second-order valence-corrected chi connectivity index (χ2v) is 17.3. The molecule has 0 atom stereocenters.